The van der Waals surface area contributed by atoms with Crippen LogP contribution >= 0.6 is 23.1 Å². The lowest BCUT2D eigenvalue weighted by Gasteiger charge is -2.16. The van der Waals surface area contributed by atoms with Gasteiger partial charge in [0.1, 0.15) is 11.6 Å². The molecular weight excluding hydrogens is 502 g/mol. The van der Waals surface area contributed by atoms with Crippen LogP contribution in [0.4, 0.5) is 13.9 Å². The molecule has 0 bridgehead atoms. The number of fused-ring (bicyclic) bond motifs is 1. The van der Waals surface area contributed by atoms with Crippen molar-refractivity contribution >= 4 is 45.0 Å². The van der Waals surface area contributed by atoms with Crippen LogP contribution in [0.3, 0.4) is 0 Å². The molecule has 2 heterocycles. The molecule has 0 aliphatic carbocycles. The summed E-state index contributed by atoms with van der Waals surface area (Å²) in [5, 5.41) is 4.74. The van der Waals surface area contributed by atoms with Crippen LogP contribution in [0.1, 0.15) is 6.92 Å². The van der Waals surface area contributed by atoms with E-state index in [1.807, 2.05) is 35.7 Å². The maximum Gasteiger partial charge on any atom is 0.266 e. The molecule has 1 unspecified atom stereocenters. The zero-order valence-electron chi connectivity index (χ0n) is 18.8. The highest BCUT2D eigenvalue weighted by Gasteiger charge is 2.22. The molecule has 1 amide bonds. The molecule has 5 rings (SSSR count). The van der Waals surface area contributed by atoms with Gasteiger partial charge in [-0.1, -0.05) is 54.2 Å². The maximum absolute atomic E-state index is 14.7. The van der Waals surface area contributed by atoms with Crippen molar-refractivity contribution in [2.75, 3.05) is 5.32 Å². The van der Waals surface area contributed by atoms with Gasteiger partial charge >= 0.3 is 0 Å². The number of aromatic nitrogens is 3. The predicted octanol–water partition coefficient (Wildman–Crippen LogP) is 5.91. The Morgan fingerprint density at radius 3 is 2.56 bits per heavy atom. The summed E-state index contributed by atoms with van der Waals surface area (Å²) in [7, 11) is 0. The molecule has 180 valence electrons. The lowest BCUT2D eigenvalue weighted by molar-refractivity contribution is -0.115. The molecule has 0 aliphatic rings. The third-order valence-electron chi connectivity index (χ3n) is 5.35. The largest absolute Gasteiger partial charge is 0.301 e. The second-order valence-electron chi connectivity index (χ2n) is 7.80. The normalized spacial score (nSPS) is 12.0. The minimum Gasteiger partial charge on any atom is -0.301 e. The molecule has 36 heavy (non-hydrogen) atoms. The van der Waals surface area contributed by atoms with E-state index in [2.05, 4.69) is 15.3 Å². The molecule has 10 heteroatoms. The minimum atomic E-state index is -0.913. The number of hydrogen-bond donors (Lipinski definition) is 1. The molecule has 0 aliphatic heterocycles. The average Bonchev–Trinajstić information content (AvgIpc) is 3.34. The molecule has 0 radical (unpaired) electrons. The van der Waals surface area contributed by atoms with Crippen LogP contribution in [-0.4, -0.2) is 25.7 Å². The van der Waals surface area contributed by atoms with Gasteiger partial charge in [-0.25, -0.2) is 18.7 Å². The zero-order chi connectivity index (χ0) is 25.2. The molecule has 6 nitrogen and oxygen atoms in total. The fourth-order valence-corrected chi connectivity index (χ4v) is 5.20. The van der Waals surface area contributed by atoms with E-state index < -0.39 is 22.4 Å². The maximum atomic E-state index is 14.7. The highest BCUT2D eigenvalue weighted by Crippen LogP contribution is 2.29. The first kappa shape index (κ1) is 23.8. The summed E-state index contributed by atoms with van der Waals surface area (Å²) in [6.07, 6.45) is 0. The van der Waals surface area contributed by atoms with Crippen LogP contribution in [0.25, 0.3) is 27.8 Å². The van der Waals surface area contributed by atoms with E-state index in [9.17, 15) is 18.4 Å². The molecule has 0 saturated carbocycles. The number of halogens is 2. The Hall–Kier alpha value is -3.89. The molecule has 1 atom stereocenters. The molecular formula is C26H18F2N4O2S2. The van der Waals surface area contributed by atoms with Gasteiger partial charge in [-0.2, -0.15) is 0 Å². The second-order valence-corrected chi connectivity index (χ2v) is 9.97. The smallest absolute Gasteiger partial charge is 0.266 e. The molecule has 0 fully saturated rings. The number of nitrogens with zero attached hydrogens (tertiary/aromatic N) is 3. The molecule has 0 saturated heterocycles. The highest BCUT2D eigenvalue weighted by molar-refractivity contribution is 8.00. The van der Waals surface area contributed by atoms with Crippen LogP contribution in [-0.2, 0) is 4.79 Å². The zero-order valence-corrected chi connectivity index (χ0v) is 20.4. The van der Waals surface area contributed by atoms with Crippen molar-refractivity contribution in [1.82, 2.24) is 14.5 Å². The number of para-hydroxylation sites is 1. The van der Waals surface area contributed by atoms with Crippen molar-refractivity contribution in [3.63, 3.8) is 0 Å². The quantitative estimate of drug-likeness (QED) is 0.223. The SMILES string of the molecule is CC(Sc1nc2ccccc2c(=O)n1-c1ccc(F)cc1F)C(=O)Nc1nc(-c2ccccc2)cs1. The van der Waals surface area contributed by atoms with Gasteiger partial charge in [0.05, 0.1) is 27.5 Å². The van der Waals surface area contributed by atoms with Crippen LogP contribution in [0.15, 0.2) is 88.1 Å². The van der Waals surface area contributed by atoms with Crippen molar-refractivity contribution in [3.05, 3.63) is 100 Å². The van der Waals surface area contributed by atoms with Crippen LogP contribution in [0, 0.1) is 11.6 Å². The lowest BCUT2D eigenvalue weighted by Crippen LogP contribution is -2.26. The monoisotopic (exact) mass is 520 g/mol. The number of carbonyl (C=O) groups excluding carboxylic acids is 1. The predicted molar refractivity (Wildman–Crippen MR) is 139 cm³/mol. The Labute approximate surface area is 212 Å². The van der Waals surface area contributed by atoms with Gasteiger partial charge in [0.2, 0.25) is 5.91 Å². The third kappa shape index (κ3) is 4.77. The van der Waals surface area contributed by atoms with Crippen molar-refractivity contribution in [3.8, 4) is 16.9 Å². The van der Waals surface area contributed by atoms with Crippen molar-refractivity contribution < 1.29 is 13.6 Å². The van der Waals surface area contributed by atoms with Crippen LogP contribution < -0.4 is 10.9 Å². The summed E-state index contributed by atoms with van der Waals surface area (Å²) < 4.78 is 29.3. The van der Waals surface area contributed by atoms with E-state index >= 15 is 0 Å². The minimum absolute atomic E-state index is 0.107. The number of carbonyl (C=O) groups is 1. The molecule has 2 aromatic heterocycles. The first-order chi connectivity index (χ1) is 17.4. The van der Waals surface area contributed by atoms with E-state index in [0.29, 0.717) is 16.7 Å². The fourth-order valence-electron chi connectivity index (χ4n) is 3.56. The number of thiazole rings is 1. The van der Waals surface area contributed by atoms with E-state index in [1.165, 1.54) is 17.4 Å². The van der Waals surface area contributed by atoms with E-state index in [1.54, 1.807) is 31.2 Å². The standard InChI is InChI=1S/C26H18F2N4O2S2/c1-15(23(33)31-25-29-21(14-35-25)16-7-3-2-4-8-16)36-26-30-20-10-6-5-9-18(20)24(34)32(26)22-12-11-17(27)13-19(22)28/h2-15H,1H3,(H,29,31,33). The summed E-state index contributed by atoms with van der Waals surface area (Å²) in [6, 6.07) is 19.2. The Bertz CT molecular complexity index is 1640. The van der Waals surface area contributed by atoms with Gasteiger partial charge < -0.3 is 5.32 Å². The Kier molecular flexibility index (Phi) is 6.62. The number of nitrogens with one attached hydrogen (secondary N) is 1. The van der Waals surface area contributed by atoms with Crippen LogP contribution in [0.2, 0.25) is 0 Å². The summed E-state index contributed by atoms with van der Waals surface area (Å²) in [5.74, 6) is -2.04. The van der Waals surface area contributed by atoms with Gasteiger partial charge in [0, 0.05) is 17.0 Å². The van der Waals surface area contributed by atoms with E-state index in [4.69, 9.17) is 0 Å². The summed E-state index contributed by atoms with van der Waals surface area (Å²) in [5.41, 5.74) is 1.41. The van der Waals surface area contributed by atoms with Gasteiger partial charge in [-0.15, -0.1) is 11.3 Å². The van der Waals surface area contributed by atoms with E-state index in [-0.39, 0.29) is 22.1 Å². The topological polar surface area (TPSA) is 76.9 Å². The molecule has 3 aromatic carbocycles. The summed E-state index contributed by atoms with van der Waals surface area (Å²) in [6.45, 7) is 1.65. The summed E-state index contributed by atoms with van der Waals surface area (Å²) >= 11 is 2.29. The number of thioether (sulfide) groups is 1. The lowest BCUT2D eigenvalue weighted by atomic mass is 10.2. The summed E-state index contributed by atoms with van der Waals surface area (Å²) in [4.78, 5) is 35.3. The van der Waals surface area contributed by atoms with Crippen LogP contribution in [0.5, 0.6) is 0 Å². The molecule has 1 N–H and O–H groups in total. The number of anilines is 1. The second kappa shape index (κ2) is 10.00. The van der Waals surface area contributed by atoms with Gasteiger partial charge in [-0.3, -0.25) is 14.2 Å². The van der Waals surface area contributed by atoms with E-state index in [0.717, 1.165) is 33.7 Å². The Morgan fingerprint density at radius 2 is 1.78 bits per heavy atom. The third-order valence-corrected chi connectivity index (χ3v) is 7.16. The van der Waals surface area contributed by atoms with Gasteiger partial charge in [0.15, 0.2) is 10.3 Å². The van der Waals surface area contributed by atoms with Crippen molar-refractivity contribution in [2.45, 2.75) is 17.3 Å². The first-order valence-corrected chi connectivity index (χ1v) is 12.6. The molecule has 5 aromatic rings. The Balaban J connectivity index is 1.45. The van der Waals surface area contributed by atoms with Gasteiger partial charge in [-0.05, 0) is 31.2 Å². The van der Waals surface area contributed by atoms with Crippen molar-refractivity contribution in [1.29, 1.82) is 0 Å². The highest BCUT2D eigenvalue weighted by atomic mass is 32.2. The average molecular weight is 521 g/mol. The number of rotatable bonds is 6. The number of hydrogen-bond acceptors (Lipinski definition) is 6. The number of amides is 1. The molecule has 0 spiro atoms. The first-order valence-electron chi connectivity index (χ1n) is 10.9. The Morgan fingerprint density at radius 1 is 1.03 bits per heavy atom. The fraction of sp³-hybridized carbons (Fsp3) is 0.0769. The van der Waals surface area contributed by atoms with Gasteiger partial charge in [0.25, 0.3) is 5.56 Å². The number of benzene rings is 3. The van der Waals surface area contributed by atoms with Crippen molar-refractivity contribution in [2.24, 2.45) is 0 Å².